The standard InChI is InChI=1S/C24H28N2O2/c1-17(20-11-10-19-5-2-3-6-21(19)16-20)25-23(27)15-18-8-12-22(13-9-18)26-14-4-7-24(26)28/h8-13,16-17H,2-7,14-15H2,1H3,(H,25,27)/t17-/m1/s1. The highest BCUT2D eigenvalue weighted by atomic mass is 16.2. The first-order valence-corrected chi connectivity index (χ1v) is 10.4. The third-order valence-electron chi connectivity index (χ3n) is 5.94. The SMILES string of the molecule is C[C@@H](NC(=O)Cc1ccc(N2CCCC2=O)cc1)c1ccc2c(c1)CCCC2. The Kier molecular flexibility index (Phi) is 5.47. The molecule has 4 rings (SSSR count). The van der Waals surface area contributed by atoms with E-state index in [1.807, 2.05) is 36.1 Å². The van der Waals surface area contributed by atoms with Crippen molar-refractivity contribution in [1.82, 2.24) is 5.32 Å². The fourth-order valence-electron chi connectivity index (χ4n) is 4.30. The van der Waals surface area contributed by atoms with E-state index in [0.29, 0.717) is 12.8 Å². The van der Waals surface area contributed by atoms with Gasteiger partial charge in [-0.15, -0.1) is 0 Å². The Morgan fingerprint density at radius 3 is 2.46 bits per heavy atom. The lowest BCUT2D eigenvalue weighted by atomic mass is 9.89. The third kappa shape index (κ3) is 4.11. The third-order valence-corrected chi connectivity index (χ3v) is 5.94. The van der Waals surface area contributed by atoms with E-state index in [0.717, 1.165) is 30.6 Å². The number of hydrogen-bond acceptors (Lipinski definition) is 2. The molecule has 1 saturated heterocycles. The second kappa shape index (κ2) is 8.17. The summed E-state index contributed by atoms with van der Waals surface area (Å²) in [6, 6.07) is 14.4. The minimum absolute atomic E-state index is 0.00113. The van der Waals surface area contributed by atoms with Gasteiger partial charge < -0.3 is 10.2 Å². The first-order chi connectivity index (χ1) is 13.6. The van der Waals surface area contributed by atoms with Gasteiger partial charge in [-0.1, -0.05) is 30.3 Å². The van der Waals surface area contributed by atoms with Gasteiger partial charge in [0.15, 0.2) is 0 Å². The number of anilines is 1. The molecule has 1 atom stereocenters. The molecule has 2 amide bonds. The zero-order chi connectivity index (χ0) is 19.5. The van der Waals surface area contributed by atoms with Crippen molar-refractivity contribution in [3.63, 3.8) is 0 Å². The minimum atomic E-state index is 0.00113. The second-order valence-corrected chi connectivity index (χ2v) is 8.02. The van der Waals surface area contributed by atoms with Crippen molar-refractivity contribution in [1.29, 1.82) is 0 Å². The van der Waals surface area contributed by atoms with E-state index in [1.165, 1.54) is 36.0 Å². The van der Waals surface area contributed by atoms with Crippen molar-refractivity contribution in [2.45, 2.75) is 57.9 Å². The molecule has 0 unspecified atom stereocenters. The lowest BCUT2D eigenvalue weighted by molar-refractivity contribution is -0.121. The highest BCUT2D eigenvalue weighted by Crippen LogP contribution is 2.25. The number of amides is 2. The van der Waals surface area contributed by atoms with E-state index in [9.17, 15) is 9.59 Å². The topological polar surface area (TPSA) is 49.4 Å². The van der Waals surface area contributed by atoms with Crippen LogP contribution in [-0.4, -0.2) is 18.4 Å². The number of aryl methyl sites for hydroxylation is 2. The number of hydrogen-bond donors (Lipinski definition) is 1. The average molecular weight is 377 g/mol. The summed E-state index contributed by atoms with van der Waals surface area (Å²) in [5.41, 5.74) is 5.97. The fraction of sp³-hybridized carbons (Fsp3) is 0.417. The Bertz CT molecular complexity index is 873. The van der Waals surface area contributed by atoms with E-state index in [-0.39, 0.29) is 17.9 Å². The van der Waals surface area contributed by atoms with Crippen molar-refractivity contribution in [3.8, 4) is 0 Å². The molecule has 2 aromatic rings. The van der Waals surface area contributed by atoms with Gasteiger partial charge in [-0.25, -0.2) is 0 Å². The van der Waals surface area contributed by atoms with Crippen LogP contribution in [0, 0.1) is 0 Å². The quantitative estimate of drug-likeness (QED) is 0.854. The molecule has 1 aliphatic heterocycles. The first-order valence-electron chi connectivity index (χ1n) is 10.4. The summed E-state index contributed by atoms with van der Waals surface area (Å²) >= 11 is 0. The summed E-state index contributed by atoms with van der Waals surface area (Å²) in [5, 5.41) is 3.12. The number of carbonyl (C=O) groups is 2. The van der Waals surface area contributed by atoms with Crippen LogP contribution in [-0.2, 0) is 28.9 Å². The van der Waals surface area contributed by atoms with E-state index in [4.69, 9.17) is 0 Å². The highest BCUT2D eigenvalue weighted by molar-refractivity contribution is 5.95. The van der Waals surface area contributed by atoms with Gasteiger partial charge in [0.05, 0.1) is 12.5 Å². The molecule has 0 bridgehead atoms. The first kappa shape index (κ1) is 18.7. The van der Waals surface area contributed by atoms with E-state index in [1.54, 1.807) is 0 Å². The van der Waals surface area contributed by atoms with Gasteiger partial charge in [0.25, 0.3) is 0 Å². The number of nitrogens with one attached hydrogen (secondary N) is 1. The normalized spacial score (nSPS) is 17.3. The zero-order valence-electron chi connectivity index (χ0n) is 16.5. The number of benzene rings is 2. The predicted octanol–water partition coefficient (Wildman–Crippen LogP) is 4.11. The van der Waals surface area contributed by atoms with Gasteiger partial charge in [-0.3, -0.25) is 9.59 Å². The smallest absolute Gasteiger partial charge is 0.227 e. The van der Waals surface area contributed by atoms with E-state index >= 15 is 0 Å². The number of fused-ring (bicyclic) bond motifs is 1. The van der Waals surface area contributed by atoms with Gasteiger partial charge in [-0.05, 0) is 73.4 Å². The average Bonchev–Trinajstić information content (AvgIpc) is 3.14. The Morgan fingerprint density at radius 2 is 1.75 bits per heavy atom. The van der Waals surface area contributed by atoms with E-state index < -0.39 is 0 Å². The molecule has 2 aliphatic rings. The van der Waals surface area contributed by atoms with Crippen molar-refractivity contribution >= 4 is 17.5 Å². The summed E-state index contributed by atoms with van der Waals surface area (Å²) in [7, 11) is 0. The Hall–Kier alpha value is -2.62. The molecule has 4 heteroatoms. The number of rotatable bonds is 5. The van der Waals surface area contributed by atoms with Gasteiger partial charge in [-0.2, -0.15) is 0 Å². The summed E-state index contributed by atoms with van der Waals surface area (Å²) in [5.74, 6) is 0.208. The van der Waals surface area contributed by atoms with Crippen LogP contribution in [0.1, 0.15) is 60.9 Å². The maximum Gasteiger partial charge on any atom is 0.227 e. The Labute approximate surface area is 166 Å². The molecule has 1 N–H and O–H groups in total. The molecule has 0 saturated carbocycles. The largest absolute Gasteiger partial charge is 0.349 e. The van der Waals surface area contributed by atoms with Crippen molar-refractivity contribution in [2.75, 3.05) is 11.4 Å². The predicted molar refractivity (Wildman–Crippen MR) is 111 cm³/mol. The summed E-state index contributed by atoms with van der Waals surface area (Å²) in [4.78, 5) is 26.2. The molecular formula is C24H28N2O2. The molecule has 1 aliphatic carbocycles. The van der Waals surface area contributed by atoms with Crippen molar-refractivity contribution < 1.29 is 9.59 Å². The highest BCUT2D eigenvalue weighted by Gasteiger charge is 2.21. The lowest BCUT2D eigenvalue weighted by Crippen LogP contribution is -2.28. The Morgan fingerprint density at radius 1 is 1.00 bits per heavy atom. The van der Waals surface area contributed by atoms with Crippen LogP contribution in [0.15, 0.2) is 42.5 Å². The molecule has 2 aromatic carbocycles. The monoisotopic (exact) mass is 376 g/mol. The summed E-state index contributed by atoms with van der Waals surface area (Å²) < 4.78 is 0. The van der Waals surface area contributed by atoms with Gasteiger partial charge in [0.1, 0.15) is 0 Å². The summed E-state index contributed by atoms with van der Waals surface area (Å²) in [6.07, 6.45) is 6.77. The van der Waals surface area contributed by atoms with Crippen LogP contribution in [0.2, 0.25) is 0 Å². The molecule has 146 valence electrons. The van der Waals surface area contributed by atoms with Gasteiger partial charge in [0, 0.05) is 18.7 Å². The maximum atomic E-state index is 12.5. The zero-order valence-corrected chi connectivity index (χ0v) is 16.5. The van der Waals surface area contributed by atoms with E-state index in [2.05, 4.69) is 23.5 Å². The molecule has 1 fully saturated rings. The van der Waals surface area contributed by atoms with Crippen LogP contribution in [0.5, 0.6) is 0 Å². The fourth-order valence-corrected chi connectivity index (χ4v) is 4.30. The van der Waals surface area contributed by atoms with Crippen LogP contribution < -0.4 is 10.2 Å². The lowest BCUT2D eigenvalue weighted by Gasteiger charge is -2.20. The van der Waals surface area contributed by atoms with Crippen LogP contribution in [0.3, 0.4) is 0 Å². The van der Waals surface area contributed by atoms with Crippen LogP contribution in [0.25, 0.3) is 0 Å². The molecule has 1 heterocycles. The molecule has 0 aromatic heterocycles. The molecular weight excluding hydrogens is 348 g/mol. The second-order valence-electron chi connectivity index (χ2n) is 8.02. The Balaban J connectivity index is 1.35. The molecule has 0 radical (unpaired) electrons. The van der Waals surface area contributed by atoms with Gasteiger partial charge >= 0.3 is 0 Å². The summed E-state index contributed by atoms with van der Waals surface area (Å²) in [6.45, 7) is 2.83. The maximum absolute atomic E-state index is 12.5. The van der Waals surface area contributed by atoms with Gasteiger partial charge in [0.2, 0.25) is 11.8 Å². The van der Waals surface area contributed by atoms with Crippen LogP contribution >= 0.6 is 0 Å². The van der Waals surface area contributed by atoms with Crippen LogP contribution in [0.4, 0.5) is 5.69 Å². The van der Waals surface area contributed by atoms with Crippen molar-refractivity contribution in [3.05, 3.63) is 64.7 Å². The van der Waals surface area contributed by atoms with Crippen molar-refractivity contribution in [2.24, 2.45) is 0 Å². The molecule has 28 heavy (non-hydrogen) atoms. The molecule has 0 spiro atoms. The minimum Gasteiger partial charge on any atom is -0.349 e. The molecule has 4 nitrogen and oxygen atoms in total. The number of carbonyl (C=O) groups excluding carboxylic acids is 2. The number of nitrogens with zero attached hydrogens (tertiary/aromatic N) is 1.